The molecule has 2 rings (SSSR count). The minimum absolute atomic E-state index is 0.152. The van der Waals surface area contributed by atoms with E-state index in [0.717, 1.165) is 12.1 Å². The number of benzene rings is 2. The van der Waals surface area contributed by atoms with Crippen LogP contribution in [0.4, 0.5) is 5.69 Å². The van der Waals surface area contributed by atoms with E-state index in [1.807, 2.05) is 25.1 Å². The minimum atomic E-state index is -0.506. The molecule has 0 aliphatic carbocycles. The highest BCUT2D eigenvalue weighted by Gasteiger charge is 2.17. The first-order valence-corrected chi connectivity index (χ1v) is 6.90. The van der Waals surface area contributed by atoms with Gasteiger partial charge in [0, 0.05) is 23.2 Å². The van der Waals surface area contributed by atoms with Crippen molar-refractivity contribution in [2.45, 2.75) is 13.5 Å². The number of hydrogen-bond donors (Lipinski definition) is 1. The molecule has 0 atom stereocenters. The summed E-state index contributed by atoms with van der Waals surface area (Å²) in [5.41, 5.74) is 0.782. The first kappa shape index (κ1) is 15.3. The predicted octanol–water partition coefficient (Wildman–Crippen LogP) is 4.15. The van der Waals surface area contributed by atoms with Gasteiger partial charge in [-0.25, -0.2) is 0 Å². The van der Waals surface area contributed by atoms with Crippen molar-refractivity contribution in [2.24, 2.45) is 0 Å². The van der Waals surface area contributed by atoms with E-state index in [4.69, 9.17) is 16.3 Å². The number of para-hydroxylation sites is 1. The van der Waals surface area contributed by atoms with Crippen molar-refractivity contribution in [3.05, 3.63) is 63.2 Å². The molecule has 2 aromatic rings. The van der Waals surface area contributed by atoms with Gasteiger partial charge >= 0.3 is 5.69 Å². The fourth-order valence-corrected chi connectivity index (χ4v) is 2.01. The Morgan fingerprint density at radius 2 is 2.00 bits per heavy atom. The van der Waals surface area contributed by atoms with Crippen molar-refractivity contribution in [1.29, 1.82) is 0 Å². The first-order valence-electron chi connectivity index (χ1n) is 6.52. The van der Waals surface area contributed by atoms with E-state index in [-0.39, 0.29) is 11.4 Å². The van der Waals surface area contributed by atoms with E-state index in [0.29, 0.717) is 17.3 Å². The Labute approximate surface area is 127 Å². The summed E-state index contributed by atoms with van der Waals surface area (Å²) < 4.78 is 5.71. The number of nitro groups is 1. The van der Waals surface area contributed by atoms with Gasteiger partial charge in [0.15, 0.2) is 0 Å². The molecule has 0 bridgehead atoms. The third-order valence-corrected chi connectivity index (χ3v) is 3.11. The SMILES string of the molecule is CCNCc1ccccc1Oc1ccc(Cl)cc1[N+](=O)[O-]. The van der Waals surface area contributed by atoms with E-state index in [1.54, 1.807) is 12.1 Å². The smallest absolute Gasteiger partial charge is 0.313 e. The molecule has 0 aliphatic heterocycles. The zero-order valence-corrected chi connectivity index (χ0v) is 12.3. The van der Waals surface area contributed by atoms with Crippen LogP contribution in [0, 0.1) is 10.1 Å². The lowest BCUT2D eigenvalue weighted by molar-refractivity contribution is -0.385. The molecule has 0 heterocycles. The monoisotopic (exact) mass is 306 g/mol. The molecule has 0 spiro atoms. The Morgan fingerprint density at radius 3 is 2.71 bits per heavy atom. The van der Waals surface area contributed by atoms with Crippen molar-refractivity contribution in [2.75, 3.05) is 6.54 Å². The molecule has 5 nitrogen and oxygen atoms in total. The maximum Gasteiger partial charge on any atom is 0.313 e. The second-order valence-corrected chi connectivity index (χ2v) is 4.80. The lowest BCUT2D eigenvalue weighted by Gasteiger charge is -2.11. The van der Waals surface area contributed by atoms with E-state index in [1.165, 1.54) is 12.1 Å². The van der Waals surface area contributed by atoms with Gasteiger partial charge in [0.1, 0.15) is 5.75 Å². The predicted molar refractivity (Wildman–Crippen MR) is 82.0 cm³/mol. The van der Waals surface area contributed by atoms with E-state index >= 15 is 0 Å². The Morgan fingerprint density at radius 1 is 1.24 bits per heavy atom. The van der Waals surface area contributed by atoms with Crippen LogP contribution in [0.1, 0.15) is 12.5 Å². The lowest BCUT2D eigenvalue weighted by Crippen LogP contribution is -2.12. The quantitative estimate of drug-likeness (QED) is 0.643. The van der Waals surface area contributed by atoms with Crippen LogP contribution in [0.25, 0.3) is 0 Å². The van der Waals surface area contributed by atoms with Crippen LogP contribution in [0.3, 0.4) is 0 Å². The highest BCUT2D eigenvalue weighted by Crippen LogP contribution is 2.34. The van der Waals surface area contributed by atoms with Gasteiger partial charge in [-0.2, -0.15) is 0 Å². The summed E-state index contributed by atoms with van der Waals surface area (Å²) in [7, 11) is 0. The van der Waals surface area contributed by atoms with Gasteiger partial charge in [-0.1, -0.05) is 36.7 Å². The Kier molecular flexibility index (Phi) is 5.14. The molecule has 2 aromatic carbocycles. The Hall–Kier alpha value is -2.11. The van der Waals surface area contributed by atoms with Crippen LogP contribution in [-0.4, -0.2) is 11.5 Å². The molecule has 21 heavy (non-hydrogen) atoms. The van der Waals surface area contributed by atoms with Gasteiger partial charge < -0.3 is 10.1 Å². The average molecular weight is 307 g/mol. The number of rotatable bonds is 6. The molecule has 1 N–H and O–H groups in total. The topological polar surface area (TPSA) is 64.4 Å². The summed E-state index contributed by atoms with van der Waals surface area (Å²) in [5.74, 6) is 0.761. The maximum absolute atomic E-state index is 11.1. The molecule has 0 saturated carbocycles. The van der Waals surface area contributed by atoms with Crippen molar-refractivity contribution in [1.82, 2.24) is 5.32 Å². The minimum Gasteiger partial charge on any atom is -0.450 e. The number of nitrogens with zero attached hydrogens (tertiary/aromatic N) is 1. The Balaban J connectivity index is 2.32. The van der Waals surface area contributed by atoms with Gasteiger partial charge in [0.05, 0.1) is 4.92 Å². The lowest BCUT2D eigenvalue weighted by atomic mass is 10.2. The van der Waals surface area contributed by atoms with Crippen molar-refractivity contribution >= 4 is 17.3 Å². The van der Waals surface area contributed by atoms with Crippen molar-refractivity contribution in [3.8, 4) is 11.5 Å². The van der Waals surface area contributed by atoms with Gasteiger partial charge in [-0.15, -0.1) is 0 Å². The zero-order valence-electron chi connectivity index (χ0n) is 11.5. The third kappa shape index (κ3) is 3.93. The fourth-order valence-electron chi connectivity index (χ4n) is 1.85. The summed E-state index contributed by atoms with van der Waals surface area (Å²) in [4.78, 5) is 10.6. The molecule has 6 heteroatoms. The van der Waals surface area contributed by atoms with Gasteiger partial charge in [-0.3, -0.25) is 10.1 Å². The molecule has 0 unspecified atom stereocenters. The highest BCUT2D eigenvalue weighted by molar-refractivity contribution is 6.30. The third-order valence-electron chi connectivity index (χ3n) is 2.88. The average Bonchev–Trinajstić information content (AvgIpc) is 2.48. The first-order chi connectivity index (χ1) is 10.1. The summed E-state index contributed by atoms with van der Waals surface area (Å²) in [6.07, 6.45) is 0. The molecule has 0 aliphatic rings. The van der Waals surface area contributed by atoms with Gasteiger partial charge in [-0.05, 0) is 24.7 Å². The fraction of sp³-hybridized carbons (Fsp3) is 0.200. The summed E-state index contributed by atoms with van der Waals surface area (Å²) in [6.45, 7) is 3.47. The van der Waals surface area contributed by atoms with Crippen molar-refractivity contribution in [3.63, 3.8) is 0 Å². The van der Waals surface area contributed by atoms with Crippen LogP contribution < -0.4 is 10.1 Å². The number of ether oxygens (including phenoxy) is 1. The van der Waals surface area contributed by atoms with E-state index < -0.39 is 4.92 Å². The number of nitrogens with one attached hydrogen (secondary N) is 1. The standard InChI is InChI=1S/C15H15ClN2O3/c1-2-17-10-11-5-3-4-6-14(11)21-15-8-7-12(16)9-13(15)18(19)20/h3-9,17H,2,10H2,1H3. The molecular weight excluding hydrogens is 292 g/mol. The molecule has 0 aromatic heterocycles. The molecule has 0 fully saturated rings. The molecule has 0 amide bonds. The summed E-state index contributed by atoms with van der Waals surface area (Å²) >= 11 is 5.79. The maximum atomic E-state index is 11.1. The normalized spacial score (nSPS) is 10.4. The van der Waals surface area contributed by atoms with Crippen LogP contribution in [-0.2, 0) is 6.54 Å². The second-order valence-electron chi connectivity index (χ2n) is 4.36. The molecule has 110 valence electrons. The van der Waals surface area contributed by atoms with Gasteiger partial charge in [0.2, 0.25) is 5.75 Å². The van der Waals surface area contributed by atoms with Crippen LogP contribution in [0.2, 0.25) is 5.02 Å². The highest BCUT2D eigenvalue weighted by atomic mass is 35.5. The Bertz CT molecular complexity index is 647. The van der Waals surface area contributed by atoms with E-state index in [9.17, 15) is 10.1 Å². The van der Waals surface area contributed by atoms with Crippen LogP contribution in [0.15, 0.2) is 42.5 Å². The number of hydrogen-bond acceptors (Lipinski definition) is 4. The molecule has 0 saturated heterocycles. The molecular formula is C15H15ClN2O3. The summed E-state index contributed by atoms with van der Waals surface area (Å²) in [6, 6.07) is 11.8. The number of halogens is 1. The van der Waals surface area contributed by atoms with E-state index in [2.05, 4.69) is 5.32 Å². The second kappa shape index (κ2) is 7.06. The summed E-state index contributed by atoms with van der Waals surface area (Å²) in [5, 5.41) is 14.6. The van der Waals surface area contributed by atoms with Crippen LogP contribution in [0.5, 0.6) is 11.5 Å². The molecule has 0 radical (unpaired) electrons. The van der Waals surface area contributed by atoms with Crippen molar-refractivity contribution < 1.29 is 9.66 Å². The number of nitro benzene ring substituents is 1. The van der Waals surface area contributed by atoms with Crippen LogP contribution >= 0.6 is 11.6 Å². The zero-order chi connectivity index (χ0) is 15.2. The van der Waals surface area contributed by atoms with Gasteiger partial charge in [0.25, 0.3) is 0 Å². The largest absolute Gasteiger partial charge is 0.450 e.